The van der Waals surface area contributed by atoms with Crippen molar-refractivity contribution in [3.8, 4) is 5.75 Å². The summed E-state index contributed by atoms with van der Waals surface area (Å²) < 4.78 is 5.41. The van der Waals surface area contributed by atoms with Gasteiger partial charge in [-0.2, -0.15) is 0 Å². The molecule has 0 aliphatic rings. The van der Waals surface area contributed by atoms with E-state index in [0.717, 1.165) is 12.3 Å². The summed E-state index contributed by atoms with van der Waals surface area (Å²) in [6.07, 6.45) is 0. The van der Waals surface area contributed by atoms with E-state index in [1.807, 2.05) is 18.2 Å². The van der Waals surface area contributed by atoms with Crippen LogP contribution in [0.3, 0.4) is 0 Å². The molecular formula is C19H25NO. The number of ether oxygens (including phenoxy) is 1. The van der Waals surface area contributed by atoms with E-state index in [0.29, 0.717) is 6.04 Å². The molecule has 0 spiro atoms. The SMILES string of the molecule is COc1ccccc1CNC(C)c1c(C)cc(C)cc1C. The Labute approximate surface area is 128 Å². The Morgan fingerprint density at radius 1 is 1.05 bits per heavy atom. The summed E-state index contributed by atoms with van der Waals surface area (Å²) in [5.74, 6) is 0.939. The van der Waals surface area contributed by atoms with Crippen LogP contribution >= 0.6 is 0 Å². The predicted molar refractivity (Wildman–Crippen MR) is 88.9 cm³/mol. The predicted octanol–water partition coefficient (Wildman–Crippen LogP) is 4.47. The Balaban J connectivity index is 2.14. The maximum Gasteiger partial charge on any atom is 0.123 e. The van der Waals surface area contributed by atoms with Gasteiger partial charge in [-0.1, -0.05) is 35.9 Å². The minimum Gasteiger partial charge on any atom is -0.496 e. The molecule has 0 amide bonds. The maximum atomic E-state index is 5.41. The zero-order valence-electron chi connectivity index (χ0n) is 13.7. The molecular weight excluding hydrogens is 258 g/mol. The van der Waals surface area contributed by atoms with Gasteiger partial charge in [0.25, 0.3) is 0 Å². The van der Waals surface area contributed by atoms with Crippen molar-refractivity contribution < 1.29 is 4.74 Å². The first-order valence-electron chi connectivity index (χ1n) is 7.46. The van der Waals surface area contributed by atoms with Crippen LogP contribution in [0.15, 0.2) is 36.4 Å². The van der Waals surface area contributed by atoms with E-state index in [1.165, 1.54) is 27.8 Å². The third-order valence-corrected chi connectivity index (χ3v) is 3.96. The molecule has 0 fully saturated rings. The summed E-state index contributed by atoms with van der Waals surface area (Å²) in [6, 6.07) is 13.0. The lowest BCUT2D eigenvalue weighted by atomic mass is 9.95. The van der Waals surface area contributed by atoms with Crippen molar-refractivity contribution in [3.05, 3.63) is 64.2 Å². The van der Waals surface area contributed by atoms with Crippen molar-refractivity contribution in [2.45, 2.75) is 40.3 Å². The van der Waals surface area contributed by atoms with Crippen LogP contribution in [0.25, 0.3) is 0 Å². The van der Waals surface area contributed by atoms with Gasteiger partial charge in [-0.3, -0.25) is 0 Å². The number of hydrogen-bond donors (Lipinski definition) is 1. The highest BCUT2D eigenvalue weighted by Gasteiger charge is 2.12. The molecule has 112 valence electrons. The molecule has 0 aliphatic carbocycles. The molecule has 0 aromatic heterocycles. The molecule has 21 heavy (non-hydrogen) atoms. The summed E-state index contributed by atoms with van der Waals surface area (Å²) in [5, 5.41) is 3.61. The fourth-order valence-electron chi connectivity index (χ4n) is 3.09. The number of rotatable bonds is 5. The van der Waals surface area contributed by atoms with Crippen LogP contribution in [-0.2, 0) is 6.54 Å². The first-order chi connectivity index (χ1) is 10.0. The van der Waals surface area contributed by atoms with Crippen molar-refractivity contribution in [2.75, 3.05) is 7.11 Å². The van der Waals surface area contributed by atoms with Gasteiger partial charge in [0.2, 0.25) is 0 Å². The fraction of sp³-hybridized carbons (Fsp3) is 0.368. The lowest BCUT2D eigenvalue weighted by molar-refractivity contribution is 0.406. The lowest BCUT2D eigenvalue weighted by Gasteiger charge is -2.20. The van der Waals surface area contributed by atoms with Crippen LogP contribution in [0.4, 0.5) is 0 Å². The molecule has 2 rings (SSSR count). The van der Waals surface area contributed by atoms with E-state index in [-0.39, 0.29) is 0 Å². The first-order valence-corrected chi connectivity index (χ1v) is 7.46. The number of benzene rings is 2. The smallest absolute Gasteiger partial charge is 0.123 e. The third kappa shape index (κ3) is 3.64. The van der Waals surface area contributed by atoms with Gasteiger partial charge >= 0.3 is 0 Å². The highest BCUT2D eigenvalue weighted by molar-refractivity contribution is 5.39. The van der Waals surface area contributed by atoms with Crippen molar-refractivity contribution in [1.82, 2.24) is 5.32 Å². The van der Waals surface area contributed by atoms with Gasteiger partial charge in [-0.15, -0.1) is 0 Å². The highest BCUT2D eigenvalue weighted by Crippen LogP contribution is 2.24. The third-order valence-electron chi connectivity index (χ3n) is 3.96. The molecule has 1 unspecified atom stereocenters. The summed E-state index contributed by atoms with van der Waals surface area (Å²) >= 11 is 0. The molecule has 2 nitrogen and oxygen atoms in total. The number of methoxy groups -OCH3 is 1. The van der Waals surface area contributed by atoms with Gasteiger partial charge < -0.3 is 10.1 Å². The molecule has 2 aromatic rings. The van der Waals surface area contributed by atoms with Crippen LogP contribution in [0.1, 0.15) is 40.8 Å². The standard InChI is InChI=1S/C19H25NO/c1-13-10-14(2)19(15(3)11-13)16(4)20-12-17-8-6-7-9-18(17)21-5/h6-11,16,20H,12H2,1-5H3. The molecule has 2 heteroatoms. The quantitative estimate of drug-likeness (QED) is 0.874. The zero-order chi connectivity index (χ0) is 15.4. The van der Waals surface area contributed by atoms with Crippen molar-refractivity contribution in [3.63, 3.8) is 0 Å². The van der Waals surface area contributed by atoms with Crippen molar-refractivity contribution in [1.29, 1.82) is 0 Å². The Morgan fingerprint density at radius 3 is 2.29 bits per heavy atom. The van der Waals surface area contributed by atoms with Gasteiger partial charge in [-0.25, -0.2) is 0 Å². The monoisotopic (exact) mass is 283 g/mol. The molecule has 0 aliphatic heterocycles. The van der Waals surface area contributed by atoms with Gasteiger partial charge in [-0.05, 0) is 50.5 Å². The summed E-state index contributed by atoms with van der Waals surface area (Å²) in [4.78, 5) is 0. The minimum absolute atomic E-state index is 0.315. The molecule has 1 N–H and O–H groups in total. The number of hydrogen-bond acceptors (Lipinski definition) is 2. The minimum atomic E-state index is 0.315. The van der Waals surface area contributed by atoms with E-state index < -0.39 is 0 Å². The van der Waals surface area contributed by atoms with Crippen molar-refractivity contribution in [2.24, 2.45) is 0 Å². The van der Waals surface area contributed by atoms with Gasteiger partial charge in [0.05, 0.1) is 7.11 Å². The Kier molecular flexibility index (Phi) is 5.03. The van der Waals surface area contributed by atoms with E-state index >= 15 is 0 Å². The van der Waals surface area contributed by atoms with E-state index in [2.05, 4.69) is 51.2 Å². The molecule has 1 atom stereocenters. The van der Waals surface area contributed by atoms with E-state index in [9.17, 15) is 0 Å². The first kappa shape index (κ1) is 15.6. The summed E-state index contributed by atoms with van der Waals surface area (Å²) in [5.41, 5.74) is 6.62. The van der Waals surface area contributed by atoms with E-state index in [1.54, 1.807) is 7.11 Å². The van der Waals surface area contributed by atoms with Crippen LogP contribution in [0.5, 0.6) is 5.75 Å². The Hall–Kier alpha value is -1.80. The van der Waals surface area contributed by atoms with Crippen LogP contribution < -0.4 is 10.1 Å². The maximum absolute atomic E-state index is 5.41. The summed E-state index contributed by atoms with van der Waals surface area (Å²) in [6.45, 7) is 9.56. The van der Waals surface area contributed by atoms with Crippen molar-refractivity contribution >= 4 is 0 Å². The molecule has 0 radical (unpaired) electrons. The normalized spacial score (nSPS) is 12.2. The molecule has 0 bridgehead atoms. The lowest BCUT2D eigenvalue weighted by Crippen LogP contribution is -2.20. The number of nitrogens with one attached hydrogen (secondary N) is 1. The summed E-state index contributed by atoms with van der Waals surface area (Å²) in [7, 11) is 1.72. The molecule has 0 saturated carbocycles. The second-order valence-corrected chi connectivity index (χ2v) is 5.73. The van der Waals surface area contributed by atoms with Crippen LogP contribution in [0.2, 0.25) is 0 Å². The number of aryl methyl sites for hydroxylation is 3. The molecule has 0 heterocycles. The van der Waals surface area contributed by atoms with Crippen LogP contribution in [0, 0.1) is 20.8 Å². The van der Waals surface area contributed by atoms with Gasteiger partial charge in [0.1, 0.15) is 5.75 Å². The van der Waals surface area contributed by atoms with E-state index in [4.69, 9.17) is 4.74 Å². The fourth-order valence-corrected chi connectivity index (χ4v) is 3.09. The van der Waals surface area contributed by atoms with Crippen LogP contribution in [-0.4, -0.2) is 7.11 Å². The van der Waals surface area contributed by atoms with Gasteiger partial charge in [0, 0.05) is 18.2 Å². The largest absolute Gasteiger partial charge is 0.496 e. The Morgan fingerprint density at radius 2 is 1.67 bits per heavy atom. The Bertz CT molecular complexity index is 596. The topological polar surface area (TPSA) is 21.3 Å². The highest BCUT2D eigenvalue weighted by atomic mass is 16.5. The second-order valence-electron chi connectivity index (χ2n) is 5.73. The average molecular weight is 283 g/mol. The van der Waals surface area contributed by atoms with Gasteiger partial charge in [0.15, 0.2) is 0 Å². The average Bonchev–Trinajstić information content (AvgIpc) is 2.44. The number of para-hydroxylation sites is 1. The zero-order valence-corrected chi connectivity index (χ0v) is 13.7. The molecule has 2 aromatic carbocycles. The molecule has 0 saturated heterocycles. The second kappa shape index (κ2) is 6.77.